The van der Waals surface area contributed by atoms with Crippen LogP contribution in [0.1, 0.15) is 38.5 Å². The number of nitrogens with one attached hydrogen (secondary N) is 3. The molecule has 1 aliphatic heterocycles. The van der Waals surface area contributed by atoms with Crippen molar-refractivity contribution in [2.75, 3.05) is 0 Å². The minimum atomic E-state index is -0.389. The summed E-state index contributed by atoms with van der Waals surface area (Å²) in [5.41, 5.74) is 0. The fourth-order valence-electron chi connectivity index (χ4n) is 2.26. The lowest BCUT2D eigenvalue weighted by molar-refractivity contribution is -0.121. The van der Waals surface area contributed by atoms with Crippen LogP contribution in [-0.4, -0.2) is 24.1 Å². The number of hydrogen-bond acceptors (Lipinski definition) is 3. The van der Waals surface area contributed by atoms with E-state index in [0.717, 1.165) is 12.8 Å². The summed E-state index contributed by atoms with van der Waals surface area (Å²) >= 11 is 0. The van der Waals surface area contributed by atoms with Crippen LogP contribution in [0.5, 0.6) is 0 Å². The molecule has 2 aliphatic rings. The van der Waals surface area contributed by atoms with Crippen LogP contribution in [0.4, 0.5) is 4.79 Å². The first-order valence-corrected chi connectivity index (χ1v) is 5.60. The summed E-state index contributed by atoms with van der Waals surface area (Å²) in [4.78, 5) is 22.2. The van der Waals surface area contributed by atoms with E-state index in [1.54, 1.807) is 0 Å². The van der Waals surface area contributed by atoms with E-state index in [-0.39, 0.29) is 18.1 Å². The smallest absolute Gasteiger partial charge is 0.322 e. The van der Waals surface area contributed by atoms with Crippen molar-refractivity contribution in [3.05, 3.63) is 0 Å². The third-order valence-corrected chi connectivity index (χ3v) is 2.99. The molecule has 84 valence electrons. The lowest BCUT2D eigenvalue weighted by Gasteiger charge is -2.30. The van der Waals surface area contributed by atoms with Crippen LogP contribution in [0.15, 0.2) is 0 Å². The molecule has 15 heavy (non-hydrogen) atoms. The van der Waals surface area contributed by atoms with E-state index >= 15 is 0 Å². The lowest BCUT2D eigenvalue weighted by Crippen LogP contribution is -2.59. The van der Waals surface area contributed by atoms with E-state index in [0.29, 0.717) is 12.5 Å². The molecule has 1 atom stereocenters. The highest BCUT2D eigenvalue weighted by molar-refractivity contribution is 5.97. The van der Waals surface area contributed by atoms with Crippen molar-refractivity contribution in [1.29, 1.82) is 0 Å². The van der Waals surface area contributed by atoms with E-state index in [9.17, 15) is 9.59 Å². The number of hydrogen-bond donors (Lipinski definition) is 3. The number of carbonyl (C=O) groups is 2. The summed E-state index contributed by atoms with van der Waals surface area (Å²) in [6.45, 7) is 0. The third kappa shape index (κ3) is 2.92. The van der Waals surface area contributed by atoms with E-state index in [1.807, 2.05) is 0 Å². The summed E-state index contributed by atoms with van der Waals surface area (Å²) in [5.74, 6) is -0.202. The molecule has 5 heteroatoms. The molecule has 3 amide bonds. The minimum Gasteiger partial charge on any atom is -0.322 e. The normalized spacial score (nSPS) is 28.4. The molecule has 2 fully saturated rings. The SMILES string of the molecule is O=C1CC(NC2CCCCC2)NC(=O)N1. The summed E-state index contributed by atoms with van der Waals surface area (Å²) < 4.78 is 0. The standard InChI is InChI=1S/C10H17N3O2/c14-9-6-8(12-10(15)13-9)11-7-4-2-1-3-5-7/h7-8,11H,1-6H2,(H2,12,13,14,15). The Hall–Kier alpha value is -1.10. The van der Waals surface area contributed by atoms with Crippen LogP contribution in [0, 0.1) is 0 Å². The van der Waals surface area contributed by atoms with Crippen molar-refractivity contribution in [3.8, 4) is 0 Å². The Bertz CT molecular complexity index is 245. The highest BCUT2D eigenvalue weighted by atomic mass is 16.2. The third-order valence-electron chi connectivity index (χ3n) is 2.99. The van der Waals surface area contributed by atoms with Crippen molar-refractivity contribution >= 4 is 11.9 Å². The first kappa shape index (κ1) is 10.4. The fourth-order valence-corrected chi connectivity index (χ4v) is 2.26. The van der Waals surface area contributed by atoms with Crippen molar-refractivity contribution in [2.45, 2.75) is 50.7 Å². The average Bonchev–Trinajstić information content (AvgIpc) is 2.17. The second-order valence-electron chi connectivity index (χ2n) is 4.28. The van der Waals surface area contributed by atoms with Gasteiger partial charge in [0.25, 0.3) is 0 Å². The number of carbonyl (C=O) groups excluding carboxylic acids is 2. The van der Waals surface area contributed by atoms with Gasteiger partial charge < -0.3 is 5.32 Å². The Morgan fingerprint density at radius 2 is 1.87 bits per heavy atom. The maximum absolute atomic E-state index is 11.1. The summed E-state index contributed by atoms with van der Waals surface area (Å²) in [6, 6.07) is 0.0644. The van der Waals surface area contributed by atoms with Gasteiger partial charge in [0.05, 0.1) is 12.6 Å². The highest BCUT2D eigenvalue weighted by Gasteiger charge is 2.26. The van der Waals surface area contributed by atoms with Crippen LogP contribution in [-0.2, 0) is 4.79 Å². The Labute approximate surface area is 89.0 Å². The molecule has 2 rings (SSSR count). The quantitative estimate of drug-likeness (QED) is 0.621. The maximum atomic E-state index is 11.1. The molecule has 0 spiro atoms. The predicted octanol–water partition coefficient (Wildman–Crippen LogP) is 0.464. The van der Waals surface area contributed by atoms with E-state index in [4.69, 9.17) is 0 Å². The van der Waals surface area contributed by atoms with Crippen LogP contribution >= 0.6 is 0 Å². The largest absolute Gasteiger partial charge is 0.322 e. The number of amides is 3. The molecule has 1 saturated carbocycles. The van der Waals surface area contributed by atoms with E-state index < -0.39 is 0 Å². The highest BCUT2D eigenvalue weighted by Crippen LogP contribution is 2.18. The first-order valence-electron chi connectivity index (χ1n) is 5.60. The number of imide groups is 1. The lowest BCUT2D eigenvalue weighted by atomic mass is 9.95. The van der Waals surface area contributed by atoms with E-state index in [2.05, 4.69) is 16.0 Å². The van der Waals surface area contributed by atoms with Gasteiger partial charge in [-0.05, 0) is 12.8 Å². The fraction of sp³-hybridized carbons (Fsp3) is 0.800. The summed E-state index contributed by atoms with van der Waals surface area (Å²) in [5, 5.41) is 8.26. The van der Waals surface area contributed by atoms with Gasteiger partial charge in [-0.2, -0.15) is 0 Å². The van der Waals surface area contributed by atoms with Gasteiger partial charge in [0.1, 0.15) is 0 Å². The van der Waals surface area contributed by atoms with E-state index in [1.165, 1.54) is 19.3 Å². The summed E-state index contributed by atoms with van der Waals surface area (Å²) in [7, 11) is 0. The Morgan fingerprint density at radius 3 is 2.53 bits per heavy atom. The van der Waals surface area contributed by atoms with Crippen LogP contribution in [0.2, 0.25) is 0 Å². The Balaban J connectivity index is 1.82. The van der Waals surface area contributed by atoms with Gasteiger partial charge in [0.2, 0.25) is 5.91 Å². The second kappa shape index (κ2) is 4.61. The molecule has 1 unspecified atom stereocenters. The van der Waals surface area contributed by atoms with Gasteiger partial charge in [0, 0.05) is 6.04 Å². The molecule has 0 radical (unpaired) electrons. The van der Waals surface area contributed by atoms with Gasteiger partial charge in [0.15, 0.2) is 0 Å². The maximum Gasteiger partial charge on any atom is 0.322 e. The van der Waals surface area contributed by atoms with Gasteiger partial charge in [-0.25, -0.2) is 4.79 Å². The number of rotatable bonds is 2. The molecular formula is C10H17N3O2. The average molecular weight is 211 g/mol. The molecule has 0 bridgehead atoms. The van der Waals surface area contributed by atoms with Crippen molar-refractivity contribution in [2.24, 2.45) is 0 Å². The Kier molecular flexibility index (Phi) is 3.20. The molecule has 0 aromatic carbocycles. The zero-order chi connectivity index (χ0) is 10.7. The molecule has 0 aromatic rings. The van der Waals surface area contributed by atoms with Crippen LogP contribution < -0.4 is 16.0 Å². The molecule has 3 N–H and O–H groups in total. The monoisotopic (exact) mass is 211 g/mol. The van der Waals surface area contributed by atoms with Crippen LogP contribution in [0.25, 0.3) is 0 Å². The van der Waals surface area contributed by atoms with Crippen LogP contribution in [0.3, 0.4) is 0 Å². The zero-order valence-corrected chi connectivity index (χ0v) is 8.71. The Morgan fingerprint density at radius 1 is 1.13 bits per heavy atom. The van der Waals surface area contributed by atoms with Gasteiger partial charge in [-0.15, -0.1) is 0 Å². The molecule has 5 nitrogen and oxygen atoms in total. The number of urea groups is 1. The minimum absolute atomic E-state index is 0.186. The summed E-state index contributed by atoms with van der Waals surface area (Å²) in [6.07, 6.45) is 6.23. The van der Waals surface area contributed by atoms with Gasteiger partial charge >= 0.3 is 6.03 Å². The van der Waals surface area contributed by atoms with Crippen molar-refractivity contribution in [1.82, 2.24) is 16.0 Å². The zero-order valence-electron chi connectivity index (χ0n) is 8.71. The molecule has 1 aliphatic carbocycles. The van der Waals surface area contributed by atoms with Gasteiger partial charge in [-0.1, -0.05) is 19.3 Å². The molecule has 1 saturated heterocycles. The first-order chi connectivity index (χ1) is 7.24. The topological polar surface area (TPSA) is 70.2 Å². The second-order valence-corrected chi connectivity index (χ2v) is 4.28. The van der Waals surface area contributed by atoms with Gasteiger partial charge in [-0.3, -0.25) is 15.4 Å². The molecular weight excluding hydrogens is 194 g/mol. The predicted molar refractivity (Wildman–Crippen MR) is 55.1 cm³/mol. The molecule has 1 heterocycles. The van der Waals surface area contributed by atoms with Crippen molar-refractivity contribution < 1.29 is 9.59 Å². The van der Waals surface area contributed by atoms with Crippen molar-refractivity contribution in [3.63, 3.8) is 0 Å². The molecule has 0 aromatic heterocycles.